The number of likely N-dealkylation sites (tertiary alicyclic amines) is 1. The summed E-state index contributed by atoms with van der Waals surface area (Å²) in [5, 5.41) is 9.81. The van der Waals surface area contributed by atoms with Crippen LogP contribution in [0.15, 0.2) is 54.6 Å². The molecule has 2 fully saturated rings. The van der Waals surface area contributed by atoms with E-state index in [-0.39, 0.29) is 18.4 Å². The van der Waals surface area contributed by atoms with Gasteiger partial charge in [-0.1, -0.05) is 60.2 Å². The maximum Gasteiger partial charge on any atom is 0.308 e. The normalized spacial score (nSPS) is 23.7. The molecule has 2 aromatic carbocycles. The van der Waals surface area contributed by atoms with E-state index in [2.05, 4.69) is 0 Å². The molecule has 2 aliphatic heterocycles. The Morgan fingerprint density at radius 1 is 1.00 bits per heavy atom. The van der Waals surface area contributed by atoms with Crippen molar-refractivity contribution in [2.45, 2.75) is 31.1 Å². The molecular weight excluding hydrogens is 366 g/mol. The van der Waals surface area contributed by atoms with Crippen LogP contribution >= 0.6 is 0 Å². The summed E-state index contributed by atoms with van der Waals surface area (Å²) in [4.78, 5) is 27.6. The summed E-state index contributed by atoms with van der Waals surface area (Å²) in [6.45, 7) is 3.80. The molecule has 152 valence electrons. The summed E-state index contributed by atoms with van der Waals surface area (Å²) in [7, 11) is 0. The molecule has 0 spiro atoms. The number of carboxylic acid groups (broad SMARTS) is 1. The minimum atomic E-state index is -0.842. The Hall–Kier alpha value is -2.66. The summed E-state index contributed by atoms with van der Waals surface area (Å²) in [6, 6.07) is 17.8. The van der Waals surface area contributed by atoms with E-state index in [1.165, 1.54) is 0 Å². The van der Waals surface area contributed by atoms with Gasteiger partial charge in [-0.3, -0.25) is 9.59 Å². The maximum absolute atomic E-state index is 13.8. The van der Waals surface area contributed by atoms with Gasteiger partial charge in [-0.2, -0.15) is 0 Å². The van der Waals surface area contributed by atoms with Crippen LogP contribution in [0.4, 0.5) is 0 Å². The Kier molecular flexibility index (Phi) is 5.41. The van der Waals surface area contributed by atoms with Gasteiger partial charge >= 0.3 is 5.97 Å². The van der Waals surface area contributed by atoms with Gasteiger partial charge in [0.25, 0.3) is 0 Å². The van der Waals surface area contributed by atoms with Crippen LogP contribution in [0.2, 0.25) is 0 Å². The first kappa shape index (κ1) is 19.6. The quantitative estimate of drug-likeness (QED) is 0.865. The summed E-state index contributed by atoms with van der Waals surface area (Å²) >= 11 is 0. The summed E-state index contributed by atoms with van der Waals surface area (Å²) in [5.41, 5.74) is 2.50. The first-order valence-electron chi connectivity index (χ1n) is 10.2. The highest BCUT2D eigenvalue weighted by atomic mass is 16.5. The molecule has 2 aliphatic rings. The molecular formula is C24H27NO4. The number of hydrogen-bond donors (Lipinski definition) is 1. The third-order valence-corrected chi connectivity index (χ3v) is 6.51. The average molecular weight is 393 g/mol. The average Bonchev–Trinajstić information content (AvgIpc) is 3.21. The van der Waals surface area contributed by atoms with Crippen molar-refractivity contribution < 1.29 is 19.4 Å². The second-order valence-electron chi connectivity index (χ2n) is 8.23. The molecule has 5 heteroatoms. The van der Waals surface area contributed by atoms with Crippen LogP contribution in [0.3, 0.4) is 0 Å². The molecule has 4 rings (SSSR count). The standard InChI is InChI=1S/C24H27NO4/c1-17-7-9-19(10-8-17)24(11-13-29-14-12-24)23(28)25-15-20(21(16-25)22(26)27)18-5-3-2-4-6-18/h2-10,20-21H,11-16H2,1H3,(H,26,27). The summed E-state index contributed by atoms with van der Waals surface area (Å²) < 4.78 is 5.57. The zero-order valence-corrected chi connectivity index (χ0v) is 16.7. The molecule has 0 saturated carbocycles. The van der Waals surface area contributed by atoms with E-state index in [1.807, 2.05) is 61.5 Å². The Morgan fingerprint density at radius 3 is 2.28 bits per heavy atom. The van der Waals surface area contributed by atoms with E-state index in [4.69, 9.17) is 4.74 Å². The Bertz CT molecular complexity index is 872. The Morgan fingerprint density at radius 2 is 1.66 bits per heavy atom. The first-order valence-corrected chi connectivity index (χ1v) is 10.2. The predicted molar refractivity (Wildman–Crippen MR) is 110 cm³/mol. The molecule has 2 saturated heterocycles. The number of carbonyl (C=O) groups is 2. The van der Waals surface area contributed by atoms with Gasteiger partial charge in [0.15, 0.2) is 0 Å². The molecule has 0 bridgehead atoms. The number of rotatable bonds is 4. The molecule has 2 aromatic rings. The number of aliphatic carboxylic acids is 1. The van der Waals surface area contributed by atoms with Crippen LogP contribution < -0.4 is 0 Å². The van der Waals surface area contributed by atoms with Gasteiger partial charge < -0.3 is 14.7 Å². The SMILES string of the molecule is Cc1ccc(C2(C(=O)N3CC(C(=O)O)C(c4ccccc4)C3)CCOCC2)cc1. The molecule has 5 nitrogen and oxygen atoms in total. The topological polar surface area (TPSA) is 66.8 Å². The molecule has 1 amide bonds. The van der Waals surface area contributed by atoms with E-state index in [1.54, 1.807) is 4.90 Å². The number of carboxylic acids is 1. The van der Waals surface area contributed by atoms with Crippen LogP contribution in [0, 0.1) is 12.8 Å². The highest BCUT2D eigenvalue weighted by Gasteiger charge is 2.48. The third-order valence-electron chi connectivity index (χ3n) is 6.51. The Labute approximate surface area is 171 Å². The lowest BCUT2D eigenvalue weighted by atomic mass is 9.73. The monoisotopic (exact) mass is 393 g/mol. The van der Waals surface area contributed by atoms with E-state index < -0.39 is 17.3 Å². The predicted octanol–water partition coefficient (Wildman–Crippen LogP) is 3.37. The van der Waals surface area contributed by atoms with Crippen molar-refractivity contribution in [2.75, 3.05) is 26.3 Å². The highest BCUT2D eigenvalue weighted by molar-refractivity contribution is 5.89. The maximum atomic E-state index is 13.8. The van der Waals surface area contributed by atoms with Crippen LogP contribution in [0.1, 0.15) is 35.4 Å². The second-order valence-corrected chi connectivity index (χ2v) is 8.23. The van der Waals surface area contributed by atoms with Crippen LogP contribution in [-0.4, -0.2) is 48.2 Å². The molecule has 0 radical (unpaired) electrons. The van der Waals surface area contributed by atoms with Crippen molar-refractivity contribution in [1.82, 2.24) is 4.90 Å². The fourth-order valence-electron chi connectivity index (χ4n) is 4.78. The van der Waals surface area contributed by atoms with Crippen LogP contribution in [0.25, 0.3) is 0 Å². The molecule has 0 aliphatic carbocycles. The number of amides is 1. The molecule has 2 heterocycles. The smallest absolute Gasteiger partial charge is 0.308 e. The van der Waals surface area contributed by atoms with Crippen molar-refractivity contribution in [3.63, 3.8) is 0 Å². The van der Waals surface area contributed by atoms with Crippen molar-refractivity contribution >= 4 is 11.9 Å². The molecule has 29 heavy (non-hydrogen) atoms. The van der Waals surface area contributed by atoms with Gasteiger partial charge in [0, 0.05) is 32.2 Å². The number of nitrogens with zero attached hydrogens (tertiary/aromatic N) is 1. The summed E-state index contributed by atoms with van der Waals surface area (Å²) in [5.74, 6) is -1.58. The molecule has 0 aromatic heterocycles. The minimum absolute atomic E-state index is 0.0364. The first-order chi connectivity index (χ1) is 14.0. The second kappa shape index (κ2) is 7.99. The van der Waals surface area contributed by atoms with Crippen molar-refractivity contribution in [3.8, 4) is 0 Å². The van der Waals surface area contributed by atoms with Crippen molar-refractivity contribution in [3.05, 3.63) is 71.3 Å². The third kappa shape index (κ3) is 3.67. The van der Waals surface area contributed by atoms with E-state index in [0.29, 0.717) is 32.6 Å². The fraction of sp³-hybridized carbons (Fsp3) is 0.417. The number of hydrogen-bond acceptors (Lipinski definition) is 3. The van der Waals surface area contributed by atoms with Gasteiger partial charge in [0.2, 0.25) is 5.91 Å². The Balaban J connectivity index is 1.66. The van der Waals surface area contributed by atoms with Gasteiger partial charge in [0.1, 0.15) is 0 Å². The van der Waals surface area contributed by atoms with Gasteiger partial charge in [-0.25, -0.2) is 0 Å². The molecule has 2 atom stereocenters. The van der Waals surface area contributed by atoms with Crippen LogP contribution in [0.5, 0.6) is 0 Å². The van der Waals surface area contributed by atoms with Crippen LogP contribution in [-0.2, 0) is 19.7 Å². The van der Waals surface area contributed by atoms with Gasteiger partial charge in [-0.15, -0.1) is 0 Å². The lowest BCUT2D eigenvalue weighted by Crippen LogP contribution is -2.49. The number of aryl methyl sites for hydroxylation is 1. The fourth-order valence-corrected chi connectivity index (χ4v) is 4.78. The number of carbonyl (C=O) groups excluding carboxylic acids is 1. The van der Waals surface area contributed by atoms with E-state index >= 15 is 0 Å². The highest BCUT2D eigenvalue weighted by Crippen LogP contribution is 2.41. The zero-order chi connectivity index (χ0) is 20.4. The van der Waals surface area contributed by atoms with Gasteiger partial charge in [0.05, 0.1) is 11.3 Å². The summed E-state index contributed by atoms with van der Waals surface area (Å²) in [6.07, 6.45) is 1.25. The molecule has 2 unspecified atom stereocenters. The number of ether oxygens (including phenoxy) is 1. The van der Waals surface area contributed by atoms with Gasteiger partial charge in [-0.05, 0) is 30.9 Å². The lowest BCUT2D eigenvalue weighted by molar-refractivity contribution is -0.143. The number of benzene rings is 2. The zero-order valence-electron chi connectivity index (χ0n) is 16.7. The minimum Gasteiger partial charge on any atom is -0.481 e. The van der Waals surface area contributed by atoms with E-state index in [0.717, 1.165) is 16.7 Å². The van der Waals surface area contributed by atoms with Crippen molar-refractivity contribution in [1.29, 1.82) is 0 Å². The molecule has 1 N–H and O–H groups in total. The largest absolute Gasteiger partial charge is 0.481 e. The van der Waals surface area contributed by atoms with Crippen molar-refractivity contribution in [2.24, 2.45) is 5.92 Å². The lowest BCUT2D eigenvalue weighted by Gasteiger charge is -2.39. The van der Waals surface area contributed by atoms with E-state index in [9.17, 15) is 14.7 Å².